The van der Waals surface area contributed by atoms with Crippen molar-refractivity contribution < 1.29 is 9.47 Å². The quantitative estimate of drug-likeness (QED) is 0.181. The van der Waals surface area contributed by atoms with Crippen LogP contribution in [-0.2, 0) is 0 Å². The van der Waals surface area contributed by atoms with Crippen molar-refractivity contribution in [2.45, 2.75) is 13.8 Å². The first kappa shape index (κ1) is 33.0. The molecule has 5 heterocycles. The second-order valence-electron chi connectivity index (χ2n) is 13.7. The van der Waals surface area contributed by atoms with E-state index in [0.717, 1.165) is 101 Å². The summed E-state index contributed by atoms with van der Waals surface area (Å²) in [6, 6.07) is 42.2. The third-order valence-corrected chi connectivity index (χ3v) is 10.2. The van der Waals surface area contributed by atoms with E-state index in [4.69, 9.17) is 19.4 Å². The first-order valence-corrected chi connectivity index (χ1v) is 18.0. The minimum Gasteiger partial charge on any atom is -0.497 e. The Labute approximate surface area is 314 Å². The molecule has 6 heteroatoms. The summed E-state index contributed by atoms with van der Waals surface area (Å²) in [5, 5.41) is 0. The molecule has 0 unspecified atom stereocenters. The van der Waals surface area contributed by atoms with Crippen LogP contribution in [0.5, 0.6) is 11.5 Å². The number of rotatable bonds is 6. The molecule has 0 fully saturated rings. The van der Waals surface area contributed by atoms with Gasteiger partial charge in [-0.15, -0.1) is 0 Å². The lowest BCUT2D eigenvalue weighted by atomic mass is 10.0. The lowest BCUT2D eigenvalue weighted by molar-refractivity contribution is 0.415. The van der Waals surface area contributed by atoms with Crippen LogP contribution in [0, 0.1) is 13.8 Å². The highest BCUT2D eigenvalue weighted by Gasteiger charge is 2.19. The lowest BCUT2D eigenvalue weighted by Crippen LogP contribution is -1.90. The van der Waals surface area contributed by atoms with Crippen molar-refractivity contribution in [1.82, 2.24) is 19.9 Å². The van der Waals surface area contributed by atoms with Crippen molar-refractivity contribution >= 4 is 46.4 Å². The second kappa shape index (κ2) is 13.6. The van der Waals surface area contributed by atoms with E-state index < -0.39 is 0 Å². The van der Waals surface area contributed by atoms with Crippen LogP contribution in [-0.4, -0.2) is 34.2 Å². The zero-order valence-corrected chi connectivity index (χ0v) is 30.6. The summed E-state index contributed by atoms with van der Waals surface area (Å²) in [4.78, 5) is 18.4. The van der Waals surface area contributed by atoms with Gasteiger partial charge >= 0.3 is 0 Å². The summed E-state index contributed by atoms with van der Waals surface area (Å²) in [6.07, 6.45) is 8.49. The number of hydrogen-bond donors (Lipinski definition) is 2. The van der Waals surface area contributed by atoms with E-state index in [1.165, 1.54) is 11.1 Å². The Balaban J connectivity index is 1.45. The maximum absolute atomic E-state index is 5.53. The fourth-order valence-electron chi connectivity index (χ4n) is 7.38. The predicted octanol–water partition coefficient (Wildman–Crippen LogP) is 12.0. The van der Waals surface area contributed by atoms with E-state index in [1.54, 1.807) is 14.2 Å². The fourth-order valence-corrected chi connectivity index (χ4v) is 7.38. The third kappa shape index (κ3) is 5.97. The number of methoxy groups -OCH3 is 2. The number of nitrogens with zero attached hydrogens (tertiary/aromatic N) is 2. The van der Waals surface area contributed by atoms with Crippen molar-refractivity contribution in [3.05, 3.63) is 155 Å². The molecule has 8 bridgehead atoms. The summed E-state index contributed by atoms with van der Waals surface area (Å²) >= 11 is 0. The third-order valence-electron chi connectivity index (χ3n) is 10.2. The molecule has 0 amide bonds. The highest BCUT2D eigenvalue weighted by atomic mass is 16.5. The van der Waals surface area contributed by atoms with Crippen LogP contribution in [0.25, 0.3) is 90.9 Å². The molecule has 4 aromatic carbocycles. The monoisotopic (exact) mass is 702 g/mol. The number of ether oxygens (including phenoxy) is 2. The number of nitrogens with one attached hydrogen (secondary N) is 2. The van der Waals surface area contributed by atoms with E-state index in [-0.39, 0.29) is 0 Å². The van der Waals surface area contributed by atoms with Crippen LogP contribution in [0.2, 0.25) is 0 Å². The molecule has 0 aliphatic carbocycles. The first-order valence-electron chi connectivity index (χ1n) is 18.0. The highest BCUT2D eigenvalue weighted by molar-refractivity contribution is 5.99. The van der Waals surface area contributed by atoms with Gasteiger partial charge in [0.15, 0.2) is 0 Å². The van der Waals surface area contributed by atoms with Gasteiger partial charge in [0, 0.05) is 44.3 Å². The molecule has 0 atom stereocenters. The molecule has 54 heavy (non-hydrogen) atoms. The van der Waals surface area contributed by atoms with Gasteiger partial charge in [-0.05, 0) is 109 Å². The minimum absolute atomic E-state index is 0.798. The van der Waals surface area contributed by atoms with Crippen LogP contribution in [0.15, 0.2) is 121 Å². The van der Waals surface area contributed by atoms with Crippen LogP contribution in [0.4, 0.5) is 0 Å². The molecule has 262 valence electrons. The van der Waals surface area contributed by atoms with Crippen molar-refractivity contribution in [1.29, 1.82) is 0 Å². The Morgan fingerprint density at radius 3 is 0.870 bits per heavy atom. The molecule has 3 aromatic heterocycles. The molecule has 2 aliphatic heterocycles. The summed E-state index contributed by atoms with van der Waals surface area (Å²) in [6.45, 7) is 4.22. The number of hydrogen-bond acceptors (Lipinski definition) is 4. The molecule has 2 aliphatic rings. The Kier molecular flexibility index (Phi) is 8.28. The van der Waals surface area contributed by atoms with E-state index in [2.05, 4.69) is 145 Å². The summed E-state index contributed by atoms with van der Waals surface area (Å²) in [5.74, 6) is 1.60. The molecule has 2 N–H and O–H groups in total. The van der Waals surface area contributed by atoms with E-state index >= 15 is 0 Å². The highest BCUT2D eigenvalue weighted by Crippen LogP contribution is 2.39. The van der Waals surface area contributed by atoms with Gasteiger partial charge in [0.1, 0.15) is 11.5 Å². The van der Waals surface area contributed by atoms with Gasteiger partial charge in [-0.2, -0.15) is 0 Å². The smallest absolute Gasteiger partial charge is 0.118 e. The number of H-pyrrole nitrogens is 2. The maximum Gasteiger partial charge on any atom is 0.118 e. The molecule has 6 nitrogen and oxygen atoms in total. The summed E-state index contributed by atoms with van der Waals surface area (Å²) in [7, 11) is 3.38. The average molecular weight is 703 g/mol. The van der Waals surface area contributed by atoms with Gasteiger partial charge in [-0.3, -0.25) is 0 Å². The molecule has 0 spiro atoms. The second-order valence-corrected chi connectivity index (χ2v) is 13.7. The van der Waals surface area contributed by atoms with Crippen LogP contribution in [0.3, 0.4) is 0 Å². The number of aryl methyl sites for hydroxylation is 2. The van der Waals surface area contributed by atoms with Gasteiger partial charge in [0.2, 0.25) is 0 Å². The normalized spacial score (nSPS) is 11.9. The zero-order valence-electron chi connectivity index (χ0n) is 30.6. The first-order chi connectivity index (χ1) is 26.4. The molecule has 0 saturated carbocycles. The Morgan fingerprint density at radius 2 is 0.611 bits per heavy atom. The Hall–Kier alpha value is -6.92. The van der Waals surface area contributed by atoms with E-state index in [9.17, 15) is 0 Å². The van der Waals surface area contributed by atoms with Crippen LogP contribution in [0.1, 0.15) is 33.9 Å². The minimum atomic E-state index is 0.798. The largest absolute Gasteiger partial charge is 0.497 e. The predicted molar refractivity (Wildman–Crippen MR) is 223 cm³/mol. The molecular weight excluding hydrogens is 665 g/mol. The molecular formula is C48H38N4O2. The van der Waals surface area contributed by atoms with Crippen molar-refractivity contribution in [3.63, 3.8) is 0 Å². The van der Waals surface area contributed by atoms with Crippen molar-refractivity contribution in [2.75, 3.05) is 14.2 Å². The number of benzene rings is 4. The maximum atomic E-state index is 5.53. The van der Waals surface area contributed by atoms with Crippen molar-refractivity contribution in [3.8, 4) is 56.0 Å². The number of fused-ring (bicyclic) bond motifs is 8. The standard InChI is InChI=1S/C48H38N4O2/c1-29-5-9-31(10-6-29)45-37-21-25-41(49-37)47(33-13-17-35(53-3)18-14-33)43-27-23-39(51-43)46(32-11-7-30(2)8-12-32)40-24-28-44(52-40)48(42-26-22-38(45)50-42)34-15-19-36(54-4)20-16-34/h5-28,49,52H,1-4H3. The summed E-state index contributed by atoms with van der Waals surface area (Å²) < 4.78 is 11.1. The van der Waals surface area contributed by atoms with Gasteiger partial charge in [0.05, 0.1) is 37.0 Å². The SMILES string of the molecule is COc1ccc(-c2c3nc(c(-c4ccc(C)cc4)c4ccc([nH]4)c(-c4ccc(OC)cc4)c4nc(c(-c5ccc(C)cc5)c5ccc2[nH]5)C=C4)C=C3)cc1. The Bertz CT molecular complexity index is 2570. The lowest BCUT2D eigenvalue weighted by Gasteiger charge is -2.08. The van der Waals surface area contributed by atoms with Gasteiger partial charge < -0.3 is 19.4 Å². The topological polar surface area (TPSA) is 75.8 Å². The number of aromatic amines is 2. The van der Waals surface area contributed by atoms with Crippen LogP contribution >= 0.6 is 0 Å². The van der Waals surface area contributed by atoms with Crippen LogP contribution < -0.4 is 9.47 Å². The molecule has 7 aromatic rings. The average Bonchev–Trinajstić information content (AvgIpc) is 4.05. The molecule has 0 saturated heterocycles. The van der Waals surface area contributed by atoms with E-state index in [0.29, 0.717) is 0 Å². The number of aromatic nitrogens is 4. The van der Waals surface area contributed by atoms with Gasteiger partial charge in [-0.25, -0.2) is 9.97 Å². The molecule has 9 rings (SSSR count). The fraction of sp³-hybridized carbons (Fsp3) is 0.0833. The van der Waals surface area contributed by atoms with E-state index in [1.807, 2.05) is 24.3 Å². The van der Waals surface area contributed by atoms with Gasteiger partial charge in [-0.1, -0.05) is 83.9 Å². The zero-order chi connectivity index (χ0) is 36.8. The van der Waals surface area contributed by atoms with Gasteiger partial charge in [0.25, 0.3) is 0 Å². The van der Waals surface area contributed by atoms with Crippen molar-refractivity contribution in [2.24, 2.45) is 0 Å². The summed E-state index contributed by atoms with van der Waals surface area (Å²) in [5.41, 5.74) is 17.9. The molecule has 0 radical (unpaired) electrons. The Morgan fingerprint density at radius 1 is 0.352 bits per heavy atom.